The molecule has 0 bridgehead atoms. The van der Waals surface area contributed by atoms with E-state index in [1.54, 1.807) is 0 Å². The van der Waals surface area contributed by atoms with Crippen molar-refractivity contribution in [1.82, 2.24) is 0 Å². The van der Waals surface area contributed by atoms with Crippen LogP contribution in [0.3, 0.4) is 0 Å². The highest BCUT2D eigenvalue weighted by molar-refractivity contribution is 6.08. The van der Waals surface area contributed by atoms with Crippen LogP contribution in [0.5, 0.6) is 0 Å². The summed E-state index contributed by atoms with van der Waals surface area (Å²) in [6, 6.07) is 56.2. The van der Waals surface area contributed by atoms with E-state index < -0.39 is 0 Å². The second kappa shape index (κ2) is 13.3. The third kappa shape index (κ3) is 5.42. The molecule has 0 saturated heterocycles. The van der Waals surface area contributed by atoms with E-state index in [1.165, 1.54) is 93.2 Å². The highest BCUT2D eigenvalue weighted by Crippen LogP contribution is 2.55. The fourth-order valence-electron chi connectivity index (χ4n) is 10.6. The van der Waals surface area contributed by atoms with Crippen LogP contribution in [-0.4, -0.2) is 0 Å². The first-order valence-electron chi connectivity index (χ1n) is 20.5. The second-order valence-electron chi connectivity index (χ2n) is 16.8. The van der Waals surface area contributed by atoms with Gasteiger partial charge in [0.1, 0.15) is 0 Å². The Hall–Kier alpha value is -6.50. The molecular weight excluding hydrogens is 685 g/mol. The van der Waals surface area contributed by atoms with Crippen molar-refractivity contribution in [2.75, 3.05) is 0 Å². The Morgan fingerprint density at radius 1 is 0.509 bits per heavy atom. The summed E-state index contributed by atoms with van der Waals surface area (Å²) in [7, 11) is 0. The number of hydrogen-bond acceptors (Lipinski definition) is 0. The van der Waals surface area contributed by atoms with E-state index in [1.807, 2.05) is 0 Å². The van der Waals surface area contributed by atoms with Gasteiger partial charge < -0.3 is 0 Å². The number of benzene rings is 7. The lowest BCUT2D eigenvalue weighted by molar-refractivity contribution is 0.409. The first kappa shape index (κ1) is 33.8. The van der Waals surface area contributed by atoms with Crippen LogP contribution in [-0.2, 0) is 5.41 Å². The van der Waals surface area contributed by atoms with Crippen LogP contribution < -0.4 is 10.4 Å². The quantitative estimate of drug-likeness (QED) is 0.155. The molecule has 0 fully saturated rings. The highest BCUT2D eigenvalue weighted by Gasteiger charge is 2.44. The van der Waals surface area contributed by atoms with E-state index in [-0.39, 0.29) is 17.3 Å². The molecule has 4 aliphatic rings. The molecule has 0 radical (unpaired) electrons. The molecule has 0 saturated carbocycles. The molecular formula is C57H44. The molecule has 0 spiro atoms. The molecule has 0 aliphatic heterocycles. The van der Waals surface area contributed by atoms with Gasteiger partial charge in [-0.3, -0.25) is 0 Å². The van der Waals surface area contributed by atoms with Crippen LogP contribution >= 0.6 is 0 Å². The molecule has 3 atom stereocenters. The average molecular weight is 729 g/mol. The lowest BCUT2D eigenvalue weighted by Gasteiger charge is -2.37. The maximum absolute atomic E-state index is 2.46. The molecule has 0 amide bonds. The Balaban J connectivity index is 0.966. The van der Waals surface area contributed by atoms with Gasteiger partial charge in [-0.05, 0) is 111 Å². The van der Waals surface area contributed by atoms with Gasteiger partial charge in [0, 0.05) is 11.8 Å². The Kier molecular flexibility index (Phi) is 7.90. The number of allylic oxidation sites excluding steroid dienone is 8. The van der Waals surface area contributed by atoms with Crippen LogP contribution in [0.4, 0.5) is 0 Å². The molecule has 0 heterocycles. The Labute approximate surface area is 335 Å². The van der Waals surface area contributed by atoms with Crippen LogP contribution in [0.25, 0.3) is 61.5 Å². The summed E-state index contributed by atoms with van der Waals surface area (Å²) >= 11 is 0. The minimum atomic E-state index is 0.0971. The molecule has 0 nitrogen and oxygen atoms in total. The number of fused-ring (bicyclic) bond motifs is 7. The lowest BCUT2D eigenvalue weighted by atomic mass is 9.66. The molecule has 0 aromatic heterocycles. The third-order valence-corrected chi connectivity index (χ3v) is 13.4. The Bertz CT molecular complexity index is 3060. The zero-order valence-electron chi connectivity index (χ0n) is 32.5. The second-order valence-corrected chi connectivity index (χ2v) is 16.8. The van der Waals surface area contributed by atoms with Crippen LogP contribution in [0.15, 0.2) is 194 Å². The zero-order valence-corrected chi connectivity index (χ0v) is 32.5. The first-order valence-corrected chi connectivity index (χ1v) is 20.5. The largest absolute Gasteiger partial charge is 0.0761 e. The van der Waals surface area contributed by atoms with Gasteiger partial charge in [0.2, 0.25) is 0 Å². The molecule has 272 valence electrons. The fraction of sp³-hybridized carbons (Fsp3) is 0.123. The Morgan fingerprint density at radius 2 is 1.14 bits per heavy atom. The average Bonchev–Trinajstić information content (AvgIpc) is 3.50. The van der Waals surface area contributed by atoms with E-state index in [2.05, 4.69) is 214 Å². The molecule has 0 heteroatoms. The van der Waals surface area contributed by atoms with Gasteiger partial charge in [0.25, 0.3) is 0 Å². The predicted molar refractivity (Wildman–Crippen MR) is 243 cm³/mol. The van der Waals surface area contributed by atoms with Crippen molar-refractivity contribution >= 4 is 50.4 Å². The van der Waals surface area contributed by atoms with Crippen molar-refractivity contribution in [3.8, 4) is 11.1 Å². The maximum Gasteiger partial charge on any atom is 0.0137 e. The minimum Gasteiger partial charge on any atom is -0.0761 e. The molecule has 0 N–H and O–H groups in total. The summed E-state index contributed by atoms with van der Waals surface area (Å²) < 4.78 is 0. The zero-order chi connectivity index (χ0) is 38.1. The molecule has 7 aromatic rings. The van der Waals surface area contributed by atoms with Gasteiger partial charge in [-0.25, -0.2) is 0 Å². The summed E-state index contributed by atoms with van der Waals surface area (Å²) in [4.78, 5) is 0. The van der Waals surface area contributed by atoms with Gasteiger partial charge in [0.05, 0.1) is 0 Å². The monoisotopic (exact) mass is 728 g/mol. The van der Waals surface area contributed by atoms with Crippen molar-refractivity contribution in [2.24, 2.45) is 17.8 Å². The summed E-state index contributed by atoms with van der Waals surface area (Å²) in [5.41, 5.74) is 15.2. The minimum absolute atomic E-state index is 0.0971. The standard InChI is InChI=1S/C57H44/c1-57(2)53-25-12-11-19-47(53)48-35-33-41(36-54(48)57)56-51-22-9-7-20-49(51)55(50-21-8-10-23-52(50)56)40-30-27-37(28-31-40)26-29-39-32-34-46(44-18-6-5-17-43(39)44)45-24-13-15-38-14-3-4-16-42(38)45/h3-35,49,51,54H,36H2,1-2H3. The van der Waals surface area contributed by atoms with Crippen LogP contribution in [0.2, 0.25) is 0 Å². The SMILES string of the molecule is CC1(C)c2ccccc2C2=CC=C(C3=c4ccccc4=C(c4ccc(C=Cc5ccc(-c6cccc7ccccc67)c6ccccc56)cc4)C4C=CC=CC34)CC21. The lowest BCUT2D eigenvalue weighted by Crippen LogP contribution is -2.41. The first-order chi connectivity index (χ1) is 28.0. The molecule has 7 aromatic carbocycles. The van der Waals surface area contributed by atoms with Crippen LogP contribution in [0.1, 0.15) is 48.1 Å². The van der Waals surface area contributed by atoms with Crippen molar-refractivity contribution in [1.29, 1.82) is 0 Å². The summed E-state index contributed by atoms with van der Waals surface area (Å²) in [6.07, 6.45) is 19.9. The summed E-state index contributed by atoms with van der Waals surface area (Å²) in [5.74, 6) is 1.04. The van der Waals surface area contributed by atoms with Crippen molar-refractivity contribution < 1.29 is 0 Å². The van der Waals surface area contributed by atoms with Gasteiger partial charge in [-0.1, -0.05) is 214 Å². The highest BCUT2D eigenvalue weighted by atomic mass is 14.5. The molecule has 4 aliphatic carbocycles. The summed E-state index contributed by atoms with van der Waals surface area (Å²) in [6.45, 7) is 4.89. The van der Waals surface area contributed by atoms with Gasteiger partial charge in [-0.2, -0.15) is 0 Å². The van der Waals surface area contributed by atoms with Gasteiger partial charge in [0.15, 0.2) is 0 Å². The number of rotatable bonds is 5. The van der Waals surface area contributed by atoms with E-state index in [9.17, 15) is 0 Å². The van der Waals surface area contributed by atoms with Crippen molar-refractivity contribution in [3.05, 3.63) is 232 Å². The van der Waals surface area contributed by atoms with Crippen molar-refractivity contribution in [2.45, 2.75) is 25.7 Å². The van der Waals surface area contributed by atoms with E-state index in [0.717, 1.165) is 6.42 Å². The normalized spacial score (nSPS) is 20.3. The van der Waals surface area contributed by atoms with E-state index in [0.29, 0.717) is 5.92 Å². The van der Waals surface area contributed by atoms with Gasteiger partial charge >= 0.3 is 0 Å². The van der Waals surface area contributed by atoms with Crippen molar-refractivity contribution in [3.63, 3.8) is 0 Å². The van der Waals surface area contributed by atoms with E-state index >= 15 is 0 Å². The topological polar surface area (TPSA) is 0 Å². The molecule has 3 unspecified atom stereocenters. The molecule has 11 rings (SSSR count). The maximum atomic E-state index is 2.46. The fourth-order valence-corrected chi connectivity index (χ4v) is 10.6. The Morgan fingerprint density at radius 3 is 1.96 bits per heavy atom. The molecule has 57 heavy (non-hydrogen) atoms. The number of hydrogen-bond donors (Lipinski definition) is 0. The van der Waals surface area contributed by atoms with E-state index in [4.69, 9.17) is 0 Å². The van der Waals surface area contributed by atoms with Gasteiger partial charge in [-0.15, -0.1) is 0 Å². The van der Waals surface area contributed by atoms with Crippen LogP contribution in [0, 0.1) is 17.8 Å². The third-order valence-electron chi connectivity index (χ3n) is 13.4. The predicted octanol–water partition coefficient (Wildman–Crippen LogP) is 12.9. The smallest absolute Gasteiger partial charge is 0.0137 e. The summed E-state index contributed by atoms with van der Waals surface area (Å²) in [5, 5.41) is 7.84.